The predicted molar refractivity (Wildman–Crippen MR) is 129 cm³/mol. The Morgan fingerprint density at radius 1 is 1.11 bits per heavy atom. The Kier molecular flexibility index (Phi) is 7.00. The maximum absolute atomic E-state index is 13.9. The van der Waals surface area contributed by atoms with E-state index in [1.807, 2.05) is 6.07 Å². The summed E-state index contributed by atoms with van der Waals surface area (Å²) in [4.78, 5) is 36.1. The molecule has 2 amide bonds. The van der Waals surface area contributed by atoms with Crippen molar-refractivity contribution in [3.63, 3.8) is 0 Å². The molecule has 1 unspecified atom stereocenters. The lowest BCUT2D eigenvalue weighted by Crippen LogP contribution is -2.48. The van der Waals surface area contributed by atoms with Crippen molar-refractivity contribution >= 4 is 23.3 Å². The standard InChI is InChI=1S/C25H27F3N6O2/c1-17(35)33-9-11-34(12-10-33)20-3-4-22(30-16-20)32-23(36)14-18-13-21(25(26,27)28)24(2,31-15-18)19-5-7-29-8-6-19/h3-8,13,15-16,31H,9-12,14H2,1-2H3,(H,30,32,36). The molecule has 0 saturated carbocycles. The van der Waals surface area contributed by atoms with Crippen LogP contribution in [0.5, 0.6) is 0 Å². The van der Waals surface area contributed by atoms with Gasteiger partial charge >= 0.3 is 6.18 Å². The van der Waals surface area contributed by atoms with Gasteiger partial charge < -0.3 is 20.4 Å². The Morgan fingerprint density at radius 3 is 2.39 bits per heavy atom. The summed E-state index contributed by atoms with van der Waals surface area (Å²) in [6, 6.07) is 6.51. The van der Waals surface area contributed by atoms with Crippen LogP contribution in [0.25, 0.3) is 0 Å². The van der Waals surface area contributed by atoms with Crippen LogP contribution in [0.15, 0.2) is 66.3 Å². The van der Waals surface area contributed by atoms with Crippen LogP contribution < -0.4 is 15.5 Å². The molecule has 0 spiro atoms. The summed E-state index contributed by atoms with van der Waals surface area (Å²) in [5, 5.41) is 5.48. The second kappa shape index (κ2) is 10.00. The summed E-state index contributed by atoms with van der Waals surface area (Å²) >= 11 is 0. The molecule has 2 aromatic heterocycles. The van der Waals surface area contributed by atoms with E-state index in [0.29, 0.717) is 37.6 Å². The zero-order valence-electron chi connectivity index (χ0n) is 20.0. The number of hydrogen-bond donors (Lipinski definition) is 2. The summed E-state index contributed by atoms with van der Waals surface area (Å²) < 4.78 is 41.8. The van der Waals surface area contributed by atoms with Crippen LogP contribution in [0.4, 0.5) is 24.7 Å². The number of nitrogens with one attached hydrogen (secondary N) is 2. The van der Waals surface area contributed by atoms with Crippen molar-refractivity contribution in [2.24, 2.45) is 0 Å². The van der Waals surface area contributed by atoms with Gasteiger partial charge in [0.05, 0.1) is 29.4 Å². The monoisotopic (exact) mass is 500 g/mol. The Balaban J connectivity index is 1.40. The number of anilines is 2. The topological polar surface area (TPSA) is 90.5 Å². The average Bonchev–Trinajstić information content (AvgIpc) is 2.85. The molecule has 2 aliphatic rings. The molecule has 190 valence electrons. The number of aromatic nitrogens is 2. The summed E-state index contributed by atoms with van der Waals surface area (Å²) in [6.07, 6.45) is 2.10. The zero-order valence-corrected chi connectivity index (χ0v) is 20.0. The number of amides is 2. The van der Waals surface area contributed by atoms with E-state index in [1.54, 1.807) is 24.1 Å². The minimum absolute atomic E-state index is 0.0494. The lowest BCUT2D eigenvalue weighted by atomic mass is 9.81. The van der Waals surface area contributed by atoms with E-state index in [4.69, 9.17) is 0 Å². The molecule has 2 aromatic rings. The fourth-order valence-corrected chi connectivity index (χ4v) is 4.38. The summed E-state index contributed by atoms with van der Waals surface area (Å²) in [5.41, 5.74) is -0.824. The molecule has 11 heteroatoms. The van der Waals surface area contributed by atoms with Gasteiger partial charge in [0, 0.05) is 51.7 Å². The average molecular weight is 501 g/mol. The number of halogens is 3. The van der Waals surface area contributed by atoms with Gasteiger partial charge in [-0.3, -0.25) is 14.6 Å². The number of hydrogen-bond acceptors (Lipinski definition) is 6. The molecule has 36 heavy (non-hydrogen) atoms. The van der Waals surface area contributed by atoms with Crippen molar-refractivity contribution in [1.82, 2.24) is 20.2 Å². The van der Waals surface area contributed by atoms with E-state index in [9.17, 15) is 22.8 Å². The van der Waals surface area contributed by atoms with E-state index in [2.05, 4.69) is 25.5 Å². The second-order valence-electron chi connectivity index (χ2n) is 8.90. The van der Waals surface area contributed by atoms with Gasteiger partial charge in [-0.25, -0.2) is 4.98 Å². The Morgan fingerprint density at radius 2 is 1.81 bits per heavy atom. The molecule has 1 fully saturated rings. The summed E-state index contributed by atoms with van der Waals surface area (Å²) in [5.74, 6) is -0.130. The Labute approximate surface area is 206 Å². The van der Waals surface area contributed by atoms with Crippen molar-refractivity contribution < 1.29 is 22.8 Å². The fraction of sp³-hybridized carbons (Fsp3) is 0.360. The number of carbonyl (C=O) groups is 2. The first-order chi connectivity index (χ1) is 17.1. The molecular formula is C25H27F3N6O2. The highest BCUT2D eigenvalue weighted by Gasteiger charge is 2.47. The van der Waals surface area contributed by atoms with Crippen molar-refractivity contribution in [1.29, 1.82) is 0 Å². The number of piperazine rings is 1. The maximum atomic E-state index is 13.9. The van der Waals surface area contributed by atoms with Crippen LogP contribution in [0.3, 0.4) is 0 Å². The molecule has 1 saturated heterocycles. The van der Waals surface area contributed by atoms with Crippen molar-refractivity contribution in [2.75, 3.05) is 36.4 Å². The van der Waals surface area contributed by atoms with Gasteiger partial charge in [-0.05, 0) is 48.4 Å². The highest BCUT2D eigenvalue weighted by atomic mass is 19.4. The Hall–Kier alpha value is -3.89. The maximum Gasteiger partial charge on any atom is 0.415 e. The molecule has 0 aliphatic carbocycles. The number of pyridine rings is 2. The quantitative estimate of drug-likeness (QED) is 0.655. The molecule has 2 N–H and O–H groups in total. The van der Waals surface area contributed by atoms with Crippen molar-refractivity contribution in [2.45, 2.75) is 32.0 Å². The highest BCUT2D eigenvalue weighted by Crippen LogP contribution is 2.42. The van der Waals surface area contributed by atoms with Gasteiger partial charge in [0.1, 0.15) is 5.82 Å². The number of dihydropyridines is 1. The number of alkyl halides is 3. The molecule has 0 radical (unpaired) electrons. The minimum atomic E-state index is -4.60. The van der Waals surface area contributed by atoms with Crippen LogP contribution >= 0.6 is 0 Å². The van der Waals surface area contributed by atoms with Gasteiger partial charge in [0.2, 0.25) is 11.8 Å². The van der Waals surface area contributed by atoms with Crippen LogP contribution in [0.2, 0.25) is 0 Å². The third kappa shape index (κ3) is 5.50. The summed E-state index contributed by atoms with van der Waals surface area (Å²) in [6.45, 7) is 5.62. The first kappa shape index (κ1) is 25.2. The molecule has 4 rings (SSSR count). The van der Waals surface area contributed by atoms with Gasteiger partial charge in [-0.15, -0.1) is 0 Å². The van der Waals surface area contributed by atoms with E-state index in [0.717, 1.165) is 11.8 Å². The third-order valence-electron chi connectivity index (χ3n) is 6.45. The van der Waals surface area contributed by atoms with E-state index in [-0.39, 0.29) is 17.9 Å². The van der Waals surface area contributed by atoms with Gasteiger partial charge in [-0.2, -0.15) is 13.2 Å². The number of carbonyl (C=O) groups excluding carboxylic acids is 2. The first-order valence-electron chi connectivity index (χ1n) is 11.5. The van der Waals surface area contributed by atoms with Gasteiger partial charge in [-0.1, -0.05) is 0 Å². The van der Waals surface area contributed by atoms with E-state index >= 15 is 0 Å². The summed E-state index contributed by atoms with van der Waals surface area (Å²) in [7, 11) is 0. The van der Waals surface area contributed by atoms with Gasteiger partial charge in [0.25, 0.3) is 0 Å². The van der Waals surface area contributed by atoms with E-state index < -0.39 is 23.2 Å². The lowest BCUT2D eigenvalue weighted by molar-refractivity contribution is -0.129. The predicted octanol–water partition coefficient (Wildman–Crippen LogP) is 3.36. The van der Waals surface area contributed by atoms with Crippen LogP contribution in [0.1, 0.15) is 25.8 Å². The Bertz CT molecular complexity index is 1170. The van der Waals surface area contributed by atoms with Gasteiger partial charge in [0.15, 0.2) is 0 Å². The molecule has 4 heterocycles. The highest BCUT2D eigenvalue weighted by molar-refractivity contribution is 5.92. The SMILES string of the molecule is CC(=O)N1CCN(c2ccc(NC(=O)CC3=CNC(C)(c4ccncc4)C(C(F)(F)F)=C3)nc2)CC1. The third-order valence-corrected chi connectivity index (χ3v) is 6.45. The molecule has 2 aliphatic heterocycles. The second-order valence-corrected chi connectivity index (χ2v) is 8.90. The van der Waals surface area contributed by atoms with Crippen LogP contribution in [0, 0.1) is 0 Å². The normalized spacial score (nSPS) is 20.2. The smallest absolute Gasteiger partial charge is 0.377 e. The number of nitrogens with zero attached hydrogens (tertiary/aromatic N) is 4. The molecule has 8 nitrogen and oxygen atoms in total. The van der Waals surface area contributed by atoms with Crippen LogP contribution in [-0.2, 0) is 15.1 Å². The number of allylic oxidation sites excluding steroid dienone is 1. The first-order valence-corrected chi connectivity index (χ1v) is 11.5. The largest absolute Gasteiger partial charge is 0.415 e. The van der Waals surface area contributed by atoms with Crippen molar-refractivity contribution in [3.05, 3.63) is 71.8 Å². The fourth-order valence-electron chi connectivity index (χ4n) is 4.38. The molecular weight excluding hydrogens is 473 g/mol. The van der Waals surface area contributed by atoms with Crippen LogP contribution in [-0.4, -0.2) is 59.0 Å². The lowest BCUT2D eigenvalue weighted by Gasteiger charge is -2.37. The zero-order chi connectivity index (χ0) is 25.9. The molecule has 1 atom stereocenters. The number of rotatable bonds is 5. The minimum Gasteiger partial charge on any atom is -0.377 e. The molecule has 0 bridgehead atoms. The van der Waals surface area contributed by atoms with Crippen molar-refractivity contribution in [3.8, 4) is 0 Å². The van der Waals surface area contributed by atoms with E-state index in [1.165, 1.54) is 37.7 Å². The molecule has 0 aromatic carbocycles.